The summed E-state index contributed by atoms with van der Waals surface area (Å²) in [4.78, 5) is 2.95. The van der Waals surface area contributed by atoms with Crippen LogP contribution in [0.3, 0.4) is 0 Å². The summed E-state index contributed by atoms with van der Waals surface area (Å²) in [7, 11) is 0. The predicted molar refractivity (Wildman–Crippen MR) is 54.0 cm³/mol. The van der Waals surface area contributed by atoms with Gasteiger partial charge in [-0.25, -0.2) is 0 Å². The molecule has 0 fully saturated rings. The molecule has 0 saturated carbocycles. The molecule has 0 aliphatic heterocycles. The van der Waals surface area contributed by atoms with Gasteiger partial charge in [0.15, 0.2) is 0 Å². The van der Waals surface area contributed by atoms with E-state index in [1.165, 1.54) is 0 Å². The van der Waals surface area contributed by atoms with Gasteiger partial charge in [-0.3, -0.25) is 5.41 Å². The molecule has 2 aromatic rings. The Morgan fingerprint density at radius 3 is 2.93 bits per heavy atom. The molecule has 4 heteroatoms. The summed E-state index contributed by atoms with van der Waals surface area (Å²) in [5.41, 5.74) is 7.33. The van der Waals surface area contributed by atoms with E-state index < -0.39 is 0 Å². The number of nitrogen functional groups attached to an aromatic ring is 1. The van der Waals surface area contributed by atoms with E-state index in [9.17, 15) is 0 Å². The van der Waals surface area contributed by atoms with Crippen LogP contribution in [0.4, 0.5) is 0 Å². The SMILES string of the molecule is N#Cc1cccc2c(C(=N)N)c[nH]c12. The third kappa shape index (κ3) is 1.04. The van der Waals surface area contributed by atoms with E-state index in [0.717, 1.165) is 10.9 Å². The van der Waals surface area contributed by atoms with Gasteiger partial charge in [-0.2, -0.15) is 5.26 Å². The highest BCUT2D eigenvalue weighted by molar-refractivity contribution is 6.08. The maximum absolute atomic E-state index is 8.83. The molecule has 4 N–H and O–H groups in total. The van der Waals surface area contributed by atoms with Gasteiger partial charge < -0.3 is 10.7 Å². The molecular weight excluding hydrogens is 176 g/mol. The van der Waals surface area contributed by atoms with E-state index in [2.05, 4.69) is 11.1 Å². The van der Waals surface area contributed by atoms with E-state index in [-0.39, 0.29) is 5.84 Å². The van der Waals surface area contributed by atoms with Crippen LogP contribution >= 0.6 is 0 Å². The fraction of sp³-hybridized carbons (Fsp3) is 0. The smallest absolute Gasteiger partial charge is 0.124 e. The second kappa shape index (κ2) is 2.89. The third-order valence-corrected chi connectivity index (χ3v) is 2.13. The van der Waals surface area contributed by atoms with Crippen molar-refractivity contribution in [1.82, 2.24) is 4.98 Å². The van der Waals surface area contributed by atoms with Crippen molar-refractivity contribution in [3.8, 4) is 6.07 Å². The maximum atomic E-state index is 8.83. The van der Waals surface area contributed by atoms with E-state index >= 15 is 0 Å². The minimum Gasteiger partial charge on any atom is -0.384 e. The Bertz CT molecular complexity index is 545. The number of benzene rings is 1. The summed E-state index contributed by atoms with van der Waals surface area (Å²) < 4.78 is 0. The van der Waals surface area contributed by atoms with Gasteiger partial charge in [0, 0.05) is 17.1 Å². The zero-order chi connectivity index (χ0) is 10.1. The largest absolute Gasteiger partial charge is 0.384 e. The zero-order valence-corrected chi connectivity index (χ0v) is 7.33. The van der Waals surface area contributed by atoms with Crippen molar-refractivity contribution >= 4 is 16.7 Å². The summed E-state index contributed by atoms with van der Waals surface area (Å²) >= 11 is 0. The molecule has 2 rings (SSSR count). The summed E-state index contributed by atoms with van der Waals surface area (Å²) in [6, 6.07) is 7.42. The van der Waals surface area contributed by atoms with Crippen LogP contribution in [0, 0.1) is 16.7 Å². The van der Waals surface area contributed by atoms with Crippen molar-refractivity contribution in [2.75, 3.05) is 0 Å². The molecule has 0 radical (unpaired) electrons. The molecule has 0 aliphatic carbocycles. The van der Waals surface area contributed by atoms with Crippen LogP contribution in [0.15, 0.2) is 24.4 Å². The van der Waals surface area contributed by atoms with E-state index in [0.29, 0.717) is 11.1 Å². The lowest BCUT2D eigenvalue weighted by Crippen LogP contribution is -2.09. The lowest BCUT2D eigenvalue weighted by Gasteiger charge is -1.95. The van der Waals surface area contributed by atoms with Crippen molar-refractivity contribution < 1.29 is 0 Å². The van der Waals surface area contributed by atoms with Gasteiger partial charge >= 0.3 is 0 Å². The molecule has 1 aromatic carbocycles. The summed E-state index contributed by atoms with van der Waals surface area (Å²) in [5, 5.41) is 17.0. The van der Waals surface area contributed by atoms with Crippen LogP contribution in [-0.2, 0) is 0 Å². The van der Waals surface area contributed by atoms with Gasteiger partial charge in [-0.05, 0) is 6.07 Å². The first-order chi connectivity index (χ1) is 6.74. The maximum Gasteiger partial charge on any atom is 0.124 e. The average Bonchev–Trinajstić information content (AvgIpc) is 2.60. The van der Waals surface area contributed by atoms with Gasteiger partial charge in [0.2, 0.25) is 0 Å². The number of hydrogen-bond acceptors (Lipinski definition) is 2. The minimum absolute atomic E-state index is 0.00587. The fourth-order valence-corrected chi connectivity index (χ4v) is 1.47. The zero-order valence-electron chi connectivity index (χ0n) is 7.33. The summed E-state index contributed by atoms with van der Waals surface area (Å²) in [6.45, 7) is 0. The summed E-state index contributed by atoms with van der Waals surface area (Å²) in [6.07, 6.45) is 1.65. The van der Waals surface area contributed by atoms with E-state index in [1.54, 1.807) is 18.3 Å². The Labute approximate surface area is 80.5 Å². The second-order valence-electron chi connectivity index (χ2n) is 2.96. The lowest BCUT2D eigenvalue weighted by atomic mass is 10.1. The molecule has 14 heavy (non-hydrogen) atoms. The van der Waals surface area contributed by atoms with Gasteiger partial charge in [0.25, 0.3) is 0 Å². The first-order valence-electron chi connectivity index (χ1n) is 4.08. The number of fused-ring (bicyclic) bond motifs is 1. The van der Waals surface area contributed by atoms with E-state index in [1.807, 2.05) is 6.07 Å². The average molecular weight is 184 g/mol. The minimum atomic E-state index is 0.00587. The number of nitrogens with two attached hydrogens (primary N) is 1. The monoisotopic (exact) mass is 184 g/mol. The van der Waals surface area contributed by atoms with Gasteiger partial charge in [-0.15, -0.1) is 0 Å². The van der Waals surface area contributed by atoms with Crippen LogP contribution < -0.4 is 5.73 Å². The Morgan fingerprint density at radius 1 is 1.50 bits per heavy atom. The number of nitriles is 1. The fourth-order valence-electron chi connectivity index (χ4n) is 1.47. The van der Waals surface area contributed by atoms with Crippen molar-refractivity contribution in [3.63, 3.8) is 0 Å². The Kier molecular flexibility index (Phi) is 1.72. The Morgan fingerprint density at radius 2 is 2.29 bits per heavy atom. The Hall–Kier alpha value is -2.28. The first-order valence-corrected chi connectivity index (χ1v) is 4.08. The number of amidine groups is 1. The highest BCUT2D eigenvalue weighted by atomic mass is 14.7. The predicted octanol–water partition coefficient (Wildman–Crippen LogP) is 1.32. The van der Waals surface area contributed by atoms with Crippen LogP contribution in [0.2, 0.25) is 0 Å². The molecule has 0 spiro atoms. The molecular formula is C10H8N4. The molecule has 0 unspecified atom stereocenters. The number of hydrogen-bond donors (Lipinski definition) is 3. The molecule has 0 saturated heterocycles. The molecule has 4 nitrogen and oxygen atoms in total. The molecule has 0 aliphatic rings. The highest BCUT2D eigenvalue weighted by Gasteiger charge is 2.08. The molecule has 1 heterocycles. The molecule has 68 valence electrons. The molecule has 1 aromatic heterocycles. The number of para-hydroxylation sites is 1. The van der Waals surface area contributed by atoms with Crippen molar-refractivity contribution in [2.24, 2.45) is 5.73 Å². The van der Waals surface area contributed by atoms with Crippen LogP contribution in [-0.4, -0.2) is 10.8 Å². The van der Waals surface area contributed by atoms with Crippen LogP contribution in [0.5, 0.6) is 0 Å². The van der Waals surface area contributed by atoms with Gasteiger partial charge in [0.05, 0.1) is 11.1 Å². The van der Waals surface area contributed by atoms with Gasteiger partial charge in [-0.1, -0.05) is 12.1 Å². The van der Waals surface area contributed by atoms with Gasteiger partial charge in [0.1, 0.15) is 11.9 Å². The number of rotatable bonds is 1. The highest BCUT2D eigenvalue weighted by Crippen LogP contribution is 2.20. The van der Waals surface area contributed by atoms with Crippen molar-refractivity contribution in [2.45, 2.75) is 0 Å². The first kappa shape index (κ1) is 8.32. The third-order valence-electron chi connectivity index (χ3n) is 2.13. The lowest BCUT2D eigenvalue weighted by molar-refractivity contribution is 1.41. The number of nitrogens with one attached hydrogen (secondary N) is 2. The van der Waals surface area contributed by atoms with Crippen molar-refractivity contribution in [3.05, 3.63) is 35.5 Å². The number of aromatic nitrogens is 1. The molecule has 0 bridgehead atoms. The van der Waals surface area contributed by atoms with E-state index in [4.69, 9.17) is 16.4 Å². The topological polar surface area (TPSA) is 89.4 Å². The number of aromatic amines is 1. The van der Waals surface area contributed by atoms with Crippen molar-refractivity contribution in [1.29, 1.82) is 10.7 Å². The Balaban J connectivity index is 2.84. The van der Waals surface area contributed by atoms with Crippen LogP contribution in [0.1, 0.15) is 11.1 Å². The standard InChI is InChI=1S/C10H8N4/c11-4-6-2-1-3-7-8(10(12)13)5-14-9(6)7/h1-3,5,14H,(H3,12,13). The summed E-state index contributed by atoms with van der Waals surface area (Å²) in [5.74, 6) is 0.00587. The normalized spacial score (nSPS) is 9.93. The second-order valence-corrected chi connectivity index (χ2v) is 2.96. The molecule has 0 amide bonds. The molecule has 0 atom stereocenters. The number of H-pyrrole nitrogens is 1. The quantitative estimate of drug-likeness (QED) is 0.461. The number of nitrogens with zero attached hydrogens (tertiary/aromatic N) is 1. The van der Waals surface area contributed by atoms with Crippen LogP contribution in [0.25, 0.3) is 10.9 Å².